The molecule has 0 aliphatic carbocycles. The summed E-state index contributed by atoms with van der Waals surface area (Å²) in [5, 5.41) is 6.68. The van der Waals surface area contributed by atoms with E-state index in [-0.39, 0.29) is 23.1 Å². The van der Waals surface area contributed by atoms with E-state index in [0.29, 0.717) is 24.0 Å². The summed E-state index contributed by atoms with van der Waals surface area (Å²) in [7, 11) is 0. The average Bonchev–Trinajstić information content (AvgIpc) is 3.67. The molecular formula is C31H23N5O2. The van der Waals surface area contributed by atoms with Gasteiger partial charge in [-0.15, -0.1) is 0 Å². The van der Waals surface area contributed by atoms with Crippen LogP contribution >= 0.6 is 0 Å². The fourth-order valence-corrected chi connectivity index (χ4v) is 5.25. The van der Waals surface area contributed by atoms with E-state index in [0.717, 1.165) is 43.7 Å². The van der Waals surface area contributed by atoms with E-state index < -0.39 is 0 Å². The van der Waals surface area contributed by atoms with E-state index in [4.69, 9.17) is 0 Å². The standard InChI is InChI=1S/C31H23N5O2/c37-30(23-17-34-25-11-5-2-9-21(23)25)29-28-22(20-8-3-6-12-26(20)35-28)15-27(36-29)31(38)32-14-13-18-16-33-24-10-4-1-7-19(18)24/h1-12,15-17,33-35H,13-14H2,(H,32,38). The van der Waals surface area contributed by atoms with Gasteiger partial charge in [-0.1, -0.05) is 54.6 Å². The van der Waals surface area contributed by atoms with Gasteiger partial charge in [0.1, 0.15) is 11.4 Å². The molecular weight excluding hydrogens is 474 g/mol. The lowest BCUT2D eigenvalue weighted by atomic mass is 10.0. The van der Waals surface area contributed by atoms with Crippen molar-refractivity contribution in [1.82, 2.24) is 25.3 Å². The van der Waals surface area contributed by atoms with Gasteiger partial charge in [-0.25, -0.2) is 4.98 Å². The van der Waals surface area contributed by atoms with E-state index in [9.17, 15) is 9.59 Å². The maximum atomic E-state index is 13.8. The molecule has 7 aromatic rings. The van der Waals surface area contributed by atoms with Gasteiger partial charge in [0, 0.05) is 62.6 Å². The van der Waals surface area contributed by atoms with Gasteiger partial charge in [0.25, 0.3) is 5.91 Å². The van der Waals surface area contributed by atoms with E-state index in [2.05, 4.69) is 31.3 Å². The smallest absolute Gasteiger partial charge is 0.269 e. The lowest BCUT2D eigenvalue weighted by molar-refractivity contribution is 0.0949. The number of pyridine rings is 1. The molecule has 0 aliphatic rings. The number of benzene rings is 3. The lowest BCUT2D eigenvalue weighted by Crippen LogP contribution is -2.27. The predicted octanol–water partition coefficient (Wildman–Crippen LogP) is 5.88. The molecule has 38 heavy (non-hydrogen) atoms. The molecule has 7 rings (SSSR count). The van der Waals surface area contributed by atoms with Crippen LogP contribution in [0.5, 0.6) is 0 Å². The molecule has 0 saturated carbocycles. The Balaban J connectivity index is 1.26. The number of para-hydroxylation sites is 3. The summed E-state index contributed by atoms with van der Waals surface area (Å²) in [5.74, 6) is -0.558. The Kier molecular flexibility index (Phi) is 5.07. The van der Waals surface area contributed by atoms with Gasteiger partial charge >= 0.3 is 0 Å². The molecule has 3 aromatic carbocycles. The minimum Gasteiger partial charge on any atom is -0.361 e. The van der Waals surface area contributed by atoms with Crippen molar-refractivity contribution < 1.29 is 9.59 Å². The highest BCUT2D eigenvalue weighted by Crippen LogP contribution is 2.30. The number of nitrogens with one attached hydrogen (secondary N) is 4. The number of H-pyrrole nitrogens is 3. The van der Waals surface area contributed by atoms with E-state index >= 15 is 0 Å². The Morgan fingerprint density at radius 2 is 1.39 bits per heavy atom. The first-order valence-corrected chi connectivity index (χ1v) is 12.5. The highest BCUT2D eigenvalue weighted by molar-refractivity contribution is 6.23. The minimum absolute atomic E-state index is 0.212. The summed E-state index contributed by atoms with van der Waals surface area (Å²) in [6.45, 7) is 0.444. The summed E-state index contributed by atoms with van der Waals surface area (Å²) in [5.41, 5.74) is 5.54. The Morgan fingerprint density at radius 1 is 0.737 bits per heavy atom. The number of aromatic nitrogens is 4. The van der Waals surface area contributed by atoms with Crippen LogP contribution in [-0.4, -0.2) is 38.2 Å². The van der Waals surface area contributed by atoms with Gasteiger partial charge in [-0.05, 0) is 36.2 Å². The largest absolute Gasteiger partial charge is 0.361 e. The first kappa shape index (κ1) is 22.1. The summed E-state index contributed by atoms with van der Waals surface area (Å²) in [6.07, 6.45) is 4.36. The highest BCUT2D eigenvalue weighted by Gasteiger charge is 2.23. The normalized spacial score (nSPS) is 11.6. The van der Waals surface area contributed by atoms with Gasteiger partial charge in [0.05, 0.1) is 5.52 Å². The molecule has 0 spiro atoms. The first-order valence-electron chi connectivity index (χ1n) is 12.5. The predicted molar refractivity (Wildman–Crippen MR) is 150 cm³/mol. The molecule has 7 nitrogen and oxygen atoms in total. The highest BCUT2D eigenvalue weighted by atomic mass is 16.2. The van der Waals surface area contributed by atoms with Crippen molar-refractivity contribution in [2.24, 2.45) is 0 Å². The van der Waals surface area contributed by atoms with Crippen molar-refractivity contribution in [1.29, 1.82) is 0 Å². The molecule has 0 saturated heterocycles. The van der Waals surface area contributed by atoms with E-state index in [1.807, 2.05) is 72.9 Å². The maximum Gasteiger partial charge on any atom is 0.269 e. The van der Waals surface area contributed by atoms with Crippen molar-refractivity contribution in [2.75, 3.05) is 6.54 Å². The quantitative estimate of drug-likeness (QED) is 0.216. The van der Waals surface area contributed by atoms with E-state index in [1.54, 1.807) is 12.3 Å². The number of hydrogen-bond donors (Lipinski definition) is 4. The van der Waals surface area contributed by atoms with Gasteiger partial charge in [-0.2, -0.15) is 0 Å². The van der Waals surface area contributed by atoms with Crippen molar-refractivity contribution >= 4 is 55.3 Å². The molecule has 0 bridgehead atoms. The number of rotatable bonds is 6. The fraction of sp³-hybridized carbons (Fsp3) is 0.0645. The SMILES string of the molecule is O=C(NCCc1c[nH]c2ccccc12)c1cc2c([nH]c3ccccc32)c(C(=O)c2c[nH]c3ccccc23)n1. The lowest BCUT2D eigenvalue weighted by Gasteiger charge is -2.08. The Bertz CT molecular complexity index is 2010. The van der Waals surface area contributed by atoms with Crippen LogP contribution in [0, 0.1) is 0 Å². The zero-order valence-electron chi connectivity index (χ0n) is 20.3. The zero-order chi connectivity index (χ0) is 25.6. The van der Waals surface area contributed by atoms with E-state index in [1.165, 1.54) is 0 Å². The van der Waals surface area contributed by atoms with Crippen molar-refractivity contribution in [3.05, 3.63) is 114 Å². The molecule has 0 aliphatic heterocycles. The molecule has 0 atom stereocenters. The molecule has 4 heterocycles. The monoisotopic (exact) mass is 497 g/mol. The van der Waals surface area contributed by atoms with Gasteiger partial charge in [-0.3, -0.25) is 9.59 Å². The topological polar surface area (TPSA) is 106 Å². The van der Waals surface area contributed by atoms with Crippen molar-refractivity contribution in [3.8, 4) is 0 Å². The van der Waals surface area contributed by atoms with Crippen LogP contribution < -0.4 is 5.32 Å². The average molecular weight is 498 g/mol. The Morgan fingerprint density at radius 3 is 2.21 bits per heavy atom. The molecule has 184 valence electrons. The van der Waals surface area contributed by atoms with Crippen LogP contribution in [0.2, 0.25) is 0 Å². The number of hydrogen-bond acceptors (Lipinski definition) is 3. The van der Waals surface area contributed by atoms with Crippen molar-refractivity contribution in [2.45, 2.75) is 6.42 Å². The fourth-order valence-electron chi connectivity index (χ4n) is 5.25. The van der Waals surface area contributed by atoms with Crippen LogP contribution in [-0.2, 0) is 6.42 Å². The summed E-state index contributed by atoms with van der Waals surface area (Å²) < 4.78 is 0. The molecule has 4 aromatic heterocycles. The number of ketones is 1. The van der Waals surface area contributed by atoms with Crippen LogP contribution in [0.1, 0.15) is 32.1 Å². The van der Waals surface area contributed by atoms with Crippen LogP contribution in [0.15, 0.2) is 91.3 Å². The second-order valence-electron chi connectivity index (χ2n) is 9.39. The number of carbonyl (C=O) groups is 2. The summed E-state index contributed by atoms with van der Waals surface area (Å²) in [6, 6.07) is 25.3. The molecule has 0 unspecified atom stereocenters. The van der Waals surface area contributed by atoms with Gasteiger partial charge in [0.2, 0.25) is 5.78 Å². The third-order valence-corrected chi connectivity index (χ3v) is 7.13. The van der Waals surface area contributed by atoms with Gasteiger partial charge < -0.3 is 20.3 Å². The molecule has 0 fully saturated rings. The van der Waals surface area contributed by atoms with Crippen molar-refractivity contribution in [3.63, 3.8) is 0 Å². The number of aromatic amines is 3. The van der Waals surface area contributed by atoms with Gasteiger partial charge in [0.15, 0.2) is 0 Å². The van der Waals surface area contributed by atoms with Crippen LogP contribution in [0.25, 0.3) is 43.6 Å². The number of fused-ring (bicyclic) bond motifs is 5. The molecule has 1 amide bonds. The Labute approximate surface area is 216 Å². The second kappa shape index (κ2) is 8.74. The second-order valence-corrected chi connectivity index (χ2v) is 9.39. The Hall–Kier alpha value is -5.17. The number of carbonyl (C=O) groups excluding carboxylic acids is 2. The molecule has 4 N–H and O–H groups in total. The third kappa shape index (κ3) is 3.56. The molecule has 0 radical (unpaired) electrons. The summed E-state index contributed by atoms with van der Waals surface area (Å²) in [4.78, 5) is 41.5. The van der Waals surface area contributed by atoms with Crippen LogP contribution in [0.3, 0.4) is 0 Å². The molecule has 7 heteroatoms. The zero-order valence-corrected chi connectivity index (χ0v) is 20.3. The summed E-state index contributed by atoms with van der Waals surface area (Å²) >= 11 is 0. The minimum atomic E-state index is -0.315. The number of nitrogens with zero attached hydrogens (tertiary/aromatic N) is 1. The maximum absolute atomic E-state index is 13.8. The third-order valence-electron chi connectivity index (χ3n) is 7.13. The number of amides is 1. The van der Waals surface area contributed by atoms with Crippen LogP contribution in [0.4, 0.5) is 0 Å². The first-order chi connectivity index (χ1) is 18.7.